The molecule has 2 heterocycles. The van der Waals surface area contributed by atoms with Gasteiger partial charge in [-0.05, 0) is 85.5 Å². The topological polar surface area (TPSA) is 65.4 Å². The van der Waals surface area contributed by atoms with Crippen LogP contribution >= 0.6 is 55.4 Å². The number of aliphatic hydroxyl groups excluding tert-OH is 2. The second-order valence-corrected chi connectivity index (χ2v) is 16.2. The molecule has 2 atom stereocenters. The number of thioether (sulfide) groups is 2. The van der Waals surface area contributed by atoms with Crippen molar-refractivity contribution in [2.45, 2.75) is 65.8 Å². The van der Waals surface area contributed by atoms with E-state index in [2.05, 4.69) is 102 Å². The molecule has 2 fully saturated rings. The Hall–Kier alpha value is -2.02. The fourth-order valence-corrected chi connectivity index (χ4v) is 9.18. The summed E-state index contributed by atoms with van der Waals surface area (Å²) in [6.07, 6.45) is 2.98. The maximum atomic E-state index is 9.72. The van der Waals surface area contributed by atoms with E-state index >= 15 is 0 Å². The van der Waals surface area contributed by atoms with Gasteiger partial charge in [-0.2, -0.15) is 0 Å². The van der Waals surface area contributed by atoms with Crippen molar-refractivity contribution in [2.75, 3.05) is 40.5 Å². The van der Waals surface area contributed by atoms with E-state index in [1.54, 1.807) is 14.2 Å². The van der Waals surface area contributed by atoms with Crippen molar-refractivity contribution in [3.05, 3.63) is 116 Å². The summed E-state index contributed by atoms with van der Waals surface area (Å²) in [6, 6.07) is 29.7. The summed E-state index contributed by atoms with van der Waals surface area (Å²) in [4.78, 5) is 7.32. The molecule has 4 aromatic rings. The number of halogens is 2. The van der Waals surface area contributed by atoms with Crippen LogP contribution in [0, 0.1) is 0 Å². The van der Waals surface area contributed by atoms with Crippen LogP contribution < -0.4 is 9.47 Å². The van der Waals surface area contributed by atoms with Crippen molar-refractivity contribution in [1.82, 2.24) is 9.80 Å². The molecule has 0 amide bonds. The van der Waals surface area contributed by atoms with Gasteiger partial charge in [0.2, 0.25) is 0 Å². The number of nitrogens with zero attached hydrogens (tertiary/aromatic N) is 2. The van der Waals surface area contributed by atoms with Crippen LogP contribution in [0.3, 0.4) is 0 Å². The summed E-state index contributed by atoms with van der Waals surface area (Å²) in [7, 11) is 3.43. The highest BCUT2D eigenvalue weighted by Gasteiger charge is 2.24. The van der Waals surface area contributed by atoms with Crippen molar-refractivity contribution in [1.29, 1.82) is 0 Å². The third-order valence-electron chi connectivity index (χ3n) is 8.92. The third kappa shape index (κ3) is 11.2. The molecule has 2 N–H and O–H groups in total. The van der Waals surface area contributed by atoms with E-state index in [4.69, 9.17) is 9.47 Å². The lowest BCUT2D eigenvalue weighted by Gasteiger charge is -2.23. The van der Waals surface area contributed by atoms with Crippen molar-refractivity contribution in [3.63, 3.8) is 0 Å². The number of benzene rings is 4. The molecule has 2 unspecified atom stereocenters. The smallest absolute Gasteiger partial charge is 0.122 e. The SMILES string of the molecule is COc1ccc(Br)cc1CSc1ccccc1CN1CCC(O)C1.COc1ccc(Br)cc1CSc1ccccc1CN1CCCC1CO. The Morgan fingerprint density at radius 1 is 0.714 bits per heavy atom. The summed E-state index contributed by atoms with van der Waals surface area (Å²) in [5, 5.41) is 19.3. The molecule has 0 aromatic heterocycles. The molecule has 2 aliphatic rings. The summed E-state index contributed by atoms with van der Waals surface area (Å²) >= 11 is 10.8. The molecule has 6 nitrogen and oxygen atoms in total. The third-order valence-corrected chi connectivity index (χ3v) is 12.2. The van der Waals surface area contributed by atoms with Crippen molar-refractivity contribution in [3.8, 4) is 11.5 Å². The number of methoxy groups -OCH3 is 2. The number of likely N-dealkylation sites (tertiary alicyclic amines) is 2. The van der Waals surface area contributed by atoms with Crippen LogP contribution in [-0.2, 0) is 24.6 Å². The maximum Gasteiger partial charge on any atom is 0.122 e. The summed E-state index contributed by atoms with van der Waals surface area (Å²) in [5.41, 5.74) is 5.03. The monoisotopic (exact) mass is 828 g/mol. The van der Waals surface area contributed by atoms with Gasteiger partial charge in [0.1, 0.15) is 11.5 Å². The highest BCUT2D eigenvalue weighted by molar-refractivity contribution is 9.10. The molecular weight excluding hydrogens is 784 g/mol. The number of hydrogen-bond acceptors (Lipinski definition) is 8. The van der Waals surface area contributed by atoms with E-state index < -0.39 is 0 Å². The largest absolute Gasteiger partial charge is 0.496 e. The van der Waals surface area contributed by atoms with Crippen molar-refractivity contribution >= 4 is 55.4 Å². The van der Waals surface area contributed by atoms with Gasteiger partial charge in [0.05, 0.1) is 26.9 Å². The van der Waals surface area contributed by atoms with Crippen LogP contribution in [0.15, 0.2) is 104 Å². The average Bonchev–Trinajstić information content (AvgIpc) is 3.75. The first-order chi connectivity index (χ1) is 23.9. The van der Waals surface area contributed by atoms with E-state index in [9.17, 15) is 10.2 Å². The predicted octanol–water partition coefficient (Wildman–Crippen LogP) is 9.02. The van der Waals surface area contributed by atoms with Gasteiger partial charge in [-0.15, -0.1) is 23.5 Å². The van der Waals surface area contributed by atoms with Crippen LogP contribution in [0.2, 0.25) is 0 Å². The second kappa shape index (κ2) is 19.6. The van der Waals surface area contributed by atoms with Gasteiger partial charge in [-0.3, -0.25) is 9.80 Å². The van der Waals surface area contributed by atoms with Crippen LogP contribution in [-0.4, -0.2) is 72.6 Å². The summed E-state index contributed by atoms with van der Waals surface area (Å²) in [5.74, 6) is 3.57. The lowest BCUT2D eigenvalue weighted by Crippen LogP contribution is -2.31. The van der Waals surface area contributed by atoms with E-state index in [-0.39, 0.29) is 12.7 Å². The standard InChI is InChI=1S/C20H24BrNO2S.C19H22BrNO2S/c1-24-19-9-8-17(21)11-16(19)14-25-20-7-3-2-5-15(20)12-22-10-4-6-18(22)13-23;1-23-18-7-6-16(20)10-15(18)13-24-19-5-3-2-4-14(19)11-21-9-8-17(22)12-21/h2-3,5,7-9,11,18,23H,4,6,10,12-14H2,1H3;2-7,10,17,22H,8-9,11-13H2,1H3. The van der Waals surface area contributed by atoms with E-state index in [0.717, 1.165) is 77.5 Å². The Morgan fingerprint density at radius 3 is 1.78 bits per heavy atom. The Morgan fingerprint density at radius 2 is 1.27 bits per heavy atom. The summed E-state index contributed by atoms with van der Waals surface area (Å²) < 4.78 is 13.1. The fourth-order valence-electron chi connectivity index (χ4n) is 6.31. The number of ether oxygens (including phenoxy) is 2. The Labute approximate surface area is 316 Å². The molecule has 10 heteroatoms. The van der Waals surface area contributed by atoms with E-state index in [1.807, 2.05) is 47.8 Å². The van der Waals surface area contributed by atoms with Crippen LogP contribution in [0.5, 0.6) is 11.5 Å². The first kappa shape index (κ1) is 38.2. The van der Waals surface area contributed by atoms with Gasteiger partial charge in [0.15, 0.2) is 0 Å². The number of rotatable bonds is 13. The predicted molar refractivity (Wildman–Crippen MR) is 210 cm³/mol. The van der Waals surface area contributed by atoms with Gasteiger partial charge in [0, 0.05) is 73.6 Å². The van der Waals surface area contributed by atoms with E-state index in [0.29, 0.717) is 6.04 Å². The van der Waals surface area contributed by atoms with Gasteiger partial charge < -0.3 is 19.7 Å². The molecule has 0 spiro atoms. The van der Waals surface area contributed by atoms with Gasteiger partial charge in [0.25, 0.3) is 0 Å². The van der Waals surface area contributed by atoms with Crippen LogP contribution in [0.25, 0.3) is 0 Å². The van der Waals surface area contributed by atoms with Gasteiger partial charge in [-0.25, -0.2) is 0 Å². The first-order valence-electron chi connectivity index (χ1n) is 16.7. The van der Waals surface area contributed by atoms with Crippen LogP contribution in [0.4, 0.5) is 0 Å². The first-order valence-corrected chi connectivity index (χ1v) is 20.2. The molecule has 0 bridgehead atoms. The minimum Gasteiger partial charge on any atom is -0.496 e. The second-order valence-electron chi connectivity index (χ2n) is 12.3. The number of hydrogen-bond donors (Lipinski definition) is 2. The van der Waals surface area contributed by atoms with E-state index in [1.165, 1.54) is 38.5 Å². The molecule has 2 aliphatic heterocycles. The molecule has 49 heavy (non-hydrogen) atoms. The van der Waals surface area contributed by atoms with Gasteiger partial charge >= 0.3 is 0 Å². The highest BCUT2D eigenvalue weighted by atomic mass is 79.9. The summed E-state index contributed by atoms with van der Waals surface area (Å²) in [6.45, 7) is 4.88. The lowest BCUT2D eigenvalue weighted by molar-refractivity contribution is 0.153. The average molecular weight is 831 g/mol. The minimum atomic E-state index is -0.171. The fraction of sp³-hybridized carbons (Fsp3) is 0.385. The Bertz CT molecular complexity index is 1640. The molecule has 262 valence electrons. The number of aliphatic hydroxyl groups is 2. The Balaban J connectivity index is 0.000000191. The molecule has 0 aliphatic carbocycles. The molecule has 0 saturated carbocycles. The molecule has 4 aromatic carbocycles. The molecule has 2 saturated heterocycles. The van der Waals surface area contributed by atoms with Gasteiger partial charge in [-0.1, -0.05) is 68.3 Å². The molecular formula is C39H46Br2N2O4S2. The highest BCUT2D eigenvalue weighted by Crippen LogP contribution is 2.34. The maximum absolute atomic E-state index is 9.72. The normalized spacial score (nSPS) is 17.9. The lowest BCUT2D eigenvalue weighted by atomic mass is 10.2. The quantitative estimate of drug-likeness (QED) is 0.130. The van der Waals surface area contributed by atoms with Crippen molar-refractivity contribution < 1.29 is 19.7 Å². The number of β-amino-alcohol motifs (C(OH)–C–C–N with tert-alkyl or cyclic N) is 1. The Kier molecular flexibility index (Phi) is 15.2. The zero-order valence-electron chi connectivity index (χ0n) is 28.2. The van der Waals surface area contributed by atoms with Crippen molar-refractivity contribution in [2.24, 2.45) is 0 Å². The zero-order chi connectivity index (χ0) is 34.6. The molecule has 6 rings (SSSR count). The minimum absolute atomic E-state index is 0.171. The molecule has 0 radical (unpaired) electrons. The zero-order valence-corrected chi connectivity index (χ0v) is 33.0. The van der Waals surface area contributed by atoms with Crippen LogP contribution in [0.1, 0.15) is 41.5 Å².